The summed E-state index contributed by atoms with van der Waals surface area (Å²) in [6, 6.07) is 1.08. The zero-order valence-electron chi connectivity index (χ0n) is 9.99. The number of ether oxygens (including phenoxy) is 1. The van der Waals surface area contributed by atoms with Crippen LogP contribution in [-0.4, -0.2) is 44.7 Å². The van der Waals surface area contributed by atoms with Gasteiger partial charge >= 0.3 is 5.69 Å². The van der Waals surface area contributed by atoms with E-state index < -0.39 is 35.8 Å². The highest BCUT2D eigenvalue weighted by molar-refractivity contribution is 4.93. The Hall–Kier alpha value is -2.33. The summed E-state index contributed by atoms with van der Waals surface area (Å²) in [5.74, 6) is 0. The van der Waals surface area contributed by atoms with Gasteiger partial charge in [-0.25, -0.2) is 4.79 Å². The maximum atomic E-state index is 11.6. The van der Waals surface area contributed by atoms with Crippen LogP contribution >= 0.6 is 0 Å². The van der Waals surface area contributed by atoms with E-state index in [-0.39, 0.29) is 6.61 Å². The van der Waals surface area contributed by atoms with Crippen molar-refractivity contribution in [3.63, 3.8) is 0 Å². The van der Waals surface area contributed by atoms with E-state index >= 15 is 0 Å². The quantitative estimate of drug-likeness (QED) is 0.261. The molecule has 0 unspecified atom stereocenters. The van der Waals surface area contributed by atoms with E-state index in [0.29, 0.717) is 0 Å². The fourth-order valence-electron chi connectivity index (χ4n) is 1.86. The van der Waals surface area contributed by atoms with Crippen molar-refractivity contribution in [3.8, 4) is 0 Å². The van der Waals surface area contributed by atoms with Gasteiger partial charge in [-0.15, -0.1) is 0 Å². The van der Waals surface area contributed by atoms with Crippen molar-refractivity contribution in [1.82, 2.24) is 9.55 Å². The molecule has 0 aromatic carbocycles. The second-order valence-electron chi connectivity index (χ2n) is 4.03. The first-order valence-electron chi connectivity index (χ1n) is 5.54. The number of aromatic amines is 1. The third kappa shape index (κ3) is 2.65. The number of nitrogens with one attached hydrogen (secondary N) is 1. The molecule has 0 saturated carbocycles. The maximum absolute atomic E-state index is 11.6. The molecule has 1 aliphatic heterocycles. The molecule has 1 aliphatic rings. The topological polar surface area (TPSA) is 163 Å². The molecule has 0 radical (unpaired) electrons. The predicted molar refractivity (Wildman–Crippen MR) is 62.3 cm³/mol. The van der Waals surface area contributed by atoms with E-state index in [1.807, 2.05) is 4.98 Å². The van der Waals surface area contributed by atoms with Crippen LogP contribution in [0.25, 0.3) is 10.4 Å². The summed E-state index contributed by atoms with van der Waals surface area (Å²) in [6.07, 6.45) is -3.78. The summed E-state index contributed by atoms with van der Waals surface area (Å²) >= 11 is 0. The summed E-state index contributed by atoms with van der Waals surface area (Å²) < 4.78 is 6.21. The Morgan fingerprint density at radius 1 is 1.50 bits per heavy atom. The number of aliphatic hydroxyl groups excluding tert-OH is 2. The number of hydrogen-bond donors (Lipinski definition) is 3. The number of rotatable bonds is 4. The van der Waals surface area contributed by atoms with E-state index in [9.17, 15) is 19.8 Å². The SMILES string of the molecule is [N-]=[N+]=NOC[C@H]1O[C@@H](n2ccc(=O)[nH]c2=O)[C@H](O)[C@@H]1O. The van der Waals surface area contributed by atoms with Gasteiger partial charge < -0.3 is 19.8 Å². The molecule has 2 rings (SSSR count). The molecule has 20 heavy (non-hydrogen) atoms. The molecule has 1 aromatic heterocycles. The lowest BCUT2D eigenvalue weighted by atomic mass is 10.1. The van der Waals surface area contributed by atoms with Gasteiger partial charge in [0.15, 0.2) is 6.23 Å². The van der Waals surface area contributed by atoms with Crippen LogP contribution in [-0.2, 0) is 9.57 Å². The monoisotopic (exact) mass is 285 g/mol. The second kappa shape index (κ2) is 5.75. The lowest BCUT2D eigenvalue weighted by Crippen LogP contribution is -2.37. The highest BCUT2D eigenvalue weighted by Gasteiger charge is 2.44. The van der Waals surface area contributed by atoms with Crippen LogP contribution in [0.4, 0.5) is 0 Å². The van der Waals surface area contributed by atoms with Gasteiger partial charge in [0, 0.05) is 17.2 Å². The lowest BCUT2D eigenvalue weighted by Gasteiger charge is -2.16. The molecule has 2 heterocycles. The standard InChI is InChI=1S/C9H11N5O6/c10-12-13-19-3-4-6(16)7(17)8(20-4)14-2-1-5(15)11-9(14)18/h1-2,4,6-8,16-17H,3H2,(H,11,15,18)/t4-,6-,7-,8-/m1/s1. The van der Waals surface area contributed by atoms with Gasteiger partial charge in [-0.3, -0.25) is 14.3 Å². The van der Waals surface area contributed by atoms with Crippen LogP contribution < -0.4 is 11.2 Å². The van der Waals surface area contributed by atoms with E-state index in [2.05, 4.69) is 15.0 Å². The first-order valence-corrected chi connectivity index (χ1v) is 5.54. The first-order chi connectivity index (χ1) is 9.54. The summed E-state index contributed by atoms with van der Waals surface area (Å²) in [5.41, 5.74) is 6.67. The predicted octanol–water partition coefficient (Wildman–Crippen LogP) is -1.60. The molecule has 1 aromatic rings. The highest BCUT2D eigenvalue weighted by Crippen LogP contribution is 2.28. The van der Waals surface area contributed by atoms with Crippen LogP contribution in [0, 0.1) is 0 Å². The molecule has 0 amide bonds. The first kappa shape index (κ1) is 14.1. The third-order valence-corrected chi connectivity index (χ3v) is 2.80. The van der Waals surface area contributed by atoms with Crippen molar-refractivity contribution in [2.24, 2.45) is 5.28 Å². The number of azide groups is 1. The molecule has 0 bridgehead atoms. The Morgan fingerprint density at radius 3 is 2.90 bits per heavy atom. The molecule has 11 nitrogen and oxygen atoms in total. The lowest BCUT2D eigenvalue weighted by molar-refractivity contribution is -0.0686. The van der Waals surface area contributed by atoms with E-state index in [1.54, 1.807) is 0 Å². The summed E-state index contributed by atoms with van der Waals surface area (Å²) in [7, 11) is 0. The van der Waals surface area contributed by atoms with Crippen molar-refractivity contribution in [2.45, 2.75) is 24.5 Å². The third-order valence-electron chi connectivity index (χ3n) is 2.80. The van der Waals surface area contributed by atoms with Gasteiger partial charge in [-0.05, 0) is 5.53 Å². The zero-order chi connectivity index (χ0) is 14.7. The largest absolute Gasteiger partial charge is 0.431 e. The molecule has 1 fully saturated rings. The van der Waals surface area contributed by atoms with Gasteiger partial charge in [-0.1, -0.05) is 0 Å². The minimum atomic E-state index is -1.40. The Labute approximate surface area is 110 Å². The highest BCUT2D eigenvalue weighted by atomic mass is 16.7. The normalized spacial score (nSPS) is 28.9. The van der Waals surface area contributed by atoms with Crippen molar-refractivity contribution in [2.75, 3.05) is 6.61 Å². The van der Waals surface area contributed by atoms with E-state index in [0.717, 1.165) is 16.8 Å². The molecular formula is C9H11N5O6. The van der Waals surface area contributed by atoms with E-state index in [4.69, 9.17) is 10.3 Å². The average Bonchev–Trinajstić information content (AvgIpc) is 2.68. The number of nitrogens with zero attached hydrogens (tertiary/aromatic N) is 4. The molecule has 0 spiro atoms. The van der Waals surface area contributed by atoms with Crippen LogP contribution in [0.1, 0.15) is 6.23 Å². The summed E-state index contributed by atoms with van der Waals surface area (Å²) in [4.78, 5) is 31.4. The Kier molecular flexibility index (Phi) is 4.05. The van der Waals surface area contributed by atoms with Crippen LogP contribution in [0.15, 0.2) is 27.1 Å². The molecule has 1 saturated heterocycles. The average molecular weight is 285 g/mol. The number of hydrogen-bond acceptors (Lipinski definition) is 7. The van der Waals surface area contributed by atoms with E-state index in [1.165, 1.54) is 0 Å². The Morgan fingerprint density at radius 2 is 2.25 bits per heavy atom. The number of H-pyrrole nitrogens is 1. The van der Waals surface area contributed by atoms with Crippen LogP contribution in [0.2, 0.25) is 0 Å². The minimum Gasteiger partial charge on any atom is -0.431 e. The minimum absolute atomic E-state index is 0.295. The molecule has 11 heteroatoms. The fraction of sp³-hybridized carbons (Fsp3) is 0.556. The van der Waals surface area contributed by atoms with Gasteiger partial charge in [-0.2, -0.15) is 0 Å². The molecule has 3 N–H and O–H groups in total. The number of aliphatic hydroxyl groups is 2. The van der Waals surface area contributed by atoms with Crippen molar-refractivity contribution >= 4 is 0 Å². The van der Waals surface area contributed by atoms with Gasteiger partial charge in [0.1, 0.15) is 30.2 Å². The van der Waals surface area contributed by atoms with Crippen molar-refractivity contribution in [3.05, 3.63) is 43.5 Å². The Bertz CT molecular complexity index is 634. The molecule has 4 atom stereocenters. The summed E-state index contributed by atoms with van der Waals surface area (Å²) in [6.45, 7) is -0.295. The van der Waals surface area contributed by atoms with Crippen LogP contribution in [0.5, 0.6) is 0 Å². The Balaban J connectivity index is 2.19. The fourth-order valence-corrected chi connectivity index (χ4v) is 1.86. The van der Waals surface area contributed by atoms with Crippen molar-refractivity contribution in [1.29, 1.82) is 0 Å². The van der Waals surface area contributed by atoms with Crippen LogP contribution in [0.3, 0.4) is 0 Å². The summed E-state index contributed by atoms with van der Waals surface area (Å²) in [5, 5.41) is 22.4. The maximum Gasteiger partial charge on any atom is 0.330 e. The molecule has 0 aliphatic carbocycles. The van der Waals surface area contributed by atoms with Gasteiger partial charge in [0.25, 0.3) is 5.56 Å². The van der Waals surface area contributed by atoms with Gasteiger partial charge in [0.05, 0.1) is 0 Å². The zero-order valence-corrected chi connectivity index (χ0v) is 9.99. The van der Waals surface area contributed by atoms with Crippen molar-refractivity contribution < 1.29 is 19.8 Å². The second-order valence-corrected chi connectivity index (χ2v) is 4.03. The molecular weight excluding hydrogens is 274 g/mol. The smallest absolute Gasteiger partial charge is 0.330 e. The van der Waals surface area contributed by atoms with Gasteiger partial charge in [0.2, 0.25) is 0 Å². The number of aromatic nitrogens is 2. The molecule has 108 valence electrons.